The van der Waals surface area contributed by atoms with E-state index in [-0.39, 0.29) is 5.91 Å². The summed E-state index contributed by atoms with van der Waals surface area (Å²) >= 11 is 6.23. The van der Waals surface area contributed by atoms with Crippen LogP contribution in [0.2, 0.25) is 5.02 Å². The molecule has 1 aromatic carbocycles. The van der Waals surface area contributed by atoms with E-state index in [0.29, 0.717) is 11.6 Å². The van der Waals surface area contributed by atoms with E-state index in [1.807, 2.05) is 37.1 Å². The van der Waals surface area contributed by atoms with Crippen molar-refractivity contribution in [2.24, 2.45) is 7.05 Å². The molecule has 0 spiro atoms. The summed E-state index contributed by atoms with van der Waals surface area (Å²) < 4.78 is 2.07. The fourth-order valence-corrected chi connectivity index (χ4v) is 2.84. The molecule has 2 aromatic rings. The molecule has 0 aliphatic carbocycles. The smallest absolute Gasteiger partial charge is 0.256 e. The first kappa shape index (κ1) is 10.7. The van der Waals surface area contributed by atoms with Crippen LogP contribution in [0.5, 0.6) is 0 Å². The normalized spacial score (nSPS) is 14.8. The van der Waals surface area contributed by atoms with Gasteiger partial charge in [0.2, 0.25) is 0 Å². The monoisotopic (exact) mass is 248 g/mol. The van der Waals surface area contributed by atoms with Crippen molar-refractivity contribution >= 4 is 28.4 Å². The van der Waals surface area contributed by atoms with E-state index in [1.165, 1.54) is 0 Å². The van der Waals surface area contributed by atoms with Gasteiger partial charge in [0.05, 0.1) is 28.3 Å². The van der Waals surface area contributed by atoms with Crippen LogP contribution in [-0.4, -0.2) is 21.9 Å². The van der Waals surface area contributed by atoms with Gasteiger partial charge in [0, 0.05) is 19.0 Å². The maximum atomic E-state index is 12.3. The Kier molecular flexibility index (Phi) is 2.20. The molecule has 1 aromatic heterocycles. The molecule has 3 nitrogen and oxygen atoms in total. The minimum absolute atomic E-state index is 0.0983. The molecule has 2 heterocycles. The molecule has 1 aliphatic heterocycles. The van der Waals surface area contributed by atoms with Crippen molar-refractivity contribution in [1.29, 1.82) is 0 Å². The minimum Gasteiger partial charge on any atom is -0.345 e. The zero-order valence-corrected chi connectivity index (χ0v) is 10.6. The summed E-state index contributed by atoms with van der Waals surface area (Å²) in [5, 5.41) is 1.55. The largest absolute Gasteiger partial charge is 0.345 e. The first-order valence-corrected chi connectivity index (χ1v) is 6.08. The molecule has 0 fully saturated rings. The predicted octanol–water partition coefficient (Wildman–Crippen LogP) is 2.81. The van der Waals surface area contributed by atoms with Crippen molar-refractivity contribution in [2.45, 2.75) is 13.5 Å². The summed E-state index contributed by atoms with van der Waals surface area (Å²) in [6.45, 7) is 3.42. The Morgan fingerprint density at radius 3 is 2.88 bits per heavy atom. The lowest BCUT2D eigenvalue weighted by Crippen LogP contribution is -2.23. The second-order valence-electron chi connectivity index (χ2n) is 4.33. The fourth-order valence-electron chi connectivity index (χ4n) is 2.58. The number of aromatic nitrogens is 1. The van der Waals surface area contributed by atoms with Gasteiger partial charge in [-0.05, 0) is 19.1 Å². The second kappa shape index (κ2) is 3.50. The highest BCUT2D eigenvalue weighted by Gasteiger charge is 2.32. The van der Waals surface area contributed by atoms with E-state index in [2.05, 4.69) is 4.57 Å². The van der Waals surface area contributed by atoms with Crippen molar-refractivity contribution < 1.29 is 4.79 Å². The highest BCUT2D eigenvalue weighted by molar-refractivity contribution is 6.37. The molecule has 17 heavy (non-hydrogen) atoms. The summed E-state index contributed by atoms with van der Waals surface area (Å²) in [6, 6.07) is 5.76. The quantitative estimate of drug-likeness (QED) is 0.762. The molecule has 1 aliphatic rings. The minimum atomic E-state index is 0.0983. The predicted molar refractivity (Wildman–Crippen MR) is 68.3 cm³/mol. The third kappa shape index (κ3) is 1.26. The summed E-state index contributed by atoms with van der Waals surface area (Å²) in [5.41, 5.74) is 2.89. The van der Waals surface area contributed by atoms with Crippen molar-refractivity contribution in [3.63, 3.8) is 0 Å². The van der Waals surface area contributed by atoms with Gasteiger partial charge in [-0.15, -0.1) is 0 Å². The average molecular weight is 249 g/mol. The van der Waals surface area contributed by atoms with Crippen LogP contribution in [0.15, 0.2) is 18.2 Å². The van der Waals surface area contributed by atoms with E-state index in [0.717, 1.165) is 28.7 Å². The van der Waals surface area contributed by atoms with Gasteiger partial charge >= 0.3 is 0 Å². The van der Waals surface area contributed by atoms with Crippen molar-refractivity contribution in [1.82, 2.24) is 9.47 Å². The highest BCUT2D eigenvalue weighted by atomic mass is 35.5. The van der Waals surface area contributed by atoms with Gasteiger partial charge in [-0.1, -0.05) is 17.7 Å². The Morgan fingerprint density at radius 2 is 2.18 bits per heavy atom. The maximum Gasteiger partial charge on any atom is 0.256 e. The number of halogens is 1. The van der Waals surface area contributed by atoms with Crippen LogP contribution in [-0.2, 0) is 13.6 Å². The van der Waals surface area contributed by atoms with Gasteiger partial charge in [0.15, 0.2) is 0 Å². The van der Waals surface area contributed by atoms with Crippen LogP contribution in [0.4, 0.5) is 0 Å². The standard InChI is InChI=1S/C13H13ClN2O/c1-3-16-7-10-12(13(16)17)11-8(14)5-4-6-9(11)15(10)2/h4-6H,3,7H2,1-2H3. The molecule has 0 saturated carbocycles. The topological polar surface area (TPSA) is 25.2 Å². The number of nitrogens with zero attached hydrogens (tertiary/aromatic N) is 2. The Bertz CT molecular complexity index is 630. The number of fused-ring (bicyclic) bond motifs is 3. The van der Waals surface area contributed by atoms with Gasteiger partial charge in [-0.2, -0.15) is 0 Å². The maximum absolute atomic E-state index is 12.3. The van der Waals surface area contributed by atoms with Crippen molar-refractivity contribution in [3.8, 4) is 0 Å². The van der Waals surface area contributed by atoms with Crippen LogP contribution >= 0.6 is 11.6 Å². The molecule has 0 unspecified atom stereocenters. The van der Waals surface area contributed by atoms with E-state index in [4.69, 9.17) is 11.6 Å². The van der Waals surface area contributed by atoms with Crippen LogP contribution < -0.4 is 0 Å². The van der Waals surface area contributed by atoms with Gasteiger partial charge in [0.1, 0.15) is 0 Å². The summed E-state index contributed by atoms with van der Waals surface area (Å²) in [6.07, 6.45) is 0. The molecule has 0 saturated heterocycles. The van der Waals surface area contributed by atoms with Crippen LogP contribution in [0.25, 0.3) is 10.9 Å². The fraction of sp³-hybridized carbons (Fsp3) is 0.308. The molecule has 0 atom stereocenters. The number of hydrogen-bond acceptors (Lipinski definition) is 1. The van der Waals surface area contributed by atoms with E-state index in [9.17, 15) is 4.79 Å². The lowest BCUT2D eigenvalue weighted by Gasteiger charge is -2.13. The Hall–Kier alpha value is -1.48. The summed E-state index contributed by atoms with van der Waals surface area (Å²) in [4.78, 5) is 14.1. The molecule has 0 bridgehead atoms. The van der Waals surface area contributed by atoms with Crippen LogP contribution in [0.3, 0.4) is 0 Å². The Labute approximate surface area is 105 Å². The average Bonchev–Trinajstić information content (AvgIpc) is 2.78. The molecule has 4 heteroatoms. The molecular weight excluding hydrogens is 236 g/mol. The number of carbonyl (C=O) groups excluding carboxylic acids is 1. The third-order valence-corrected chi connectivity index (χ3v) is 3.83. The molecule has 1 amide bonds. The van der Waals surface area contributed by atoms with Gasteiger partial charge in [0.25, 0.3) is 5.91 Å². The second-order valence-corrected chi connectivity index (χ2v) is 4.74. The molecule has 88 valence electrons. The first-order chi connectivity index (χ1) is 8.15. The number of amides is 1. The number of carbonyl (C=O) groups is 1. The Morgan fingerprint density at radius 1 is 1.41 bits per heavy atom. The lowest BCUT2D eigenvalue weighted by molar-refractivity contribution is 0.0787. The Balaban J connectivity index is 2.38. The van der Waals surface area contributed by atoms with Crippen LogP contribution in [0, 0.1) is 0 Å². The number of rotatable bonds is 1. The number of hydrogen-bond donors (Lipinski definition) is 0. The van der Waals surface area contributed by atoms with Crippen molar-refractivity contribution in [2.75, 3.05) is 6.54 Å². The van der Waals surface area contributed by atoms with E-state index < -0.39 is 0 Å². The van der Waals surface area contributed by atoms with Gasteiger partial charge in [-0.3, -0.25) is 4.79 Å². The van der Waals surface area contributed by atoms with Crippen molar-refractivity contribution in [3.05, 3.63) is 34.5 Å². The number of benzene rings is 1. The van der Waals surface area contributed by atoms with Gasteiger partial charge in [-0.25, -0.2) is 0 Å². The third-order valence-electron chi connectivity index (χ3n) is 3.52. The van der Waals surface area contributed by atoms with Crippen LogP contribution in [0.1, 0.15) is 23.0 Å². The van der Waals surface area contributed by atoms with E-state index in [1.54, 1.807) is 0 Å². The molecular formula is C13H13ClN2O. The lowest BCUT2D eigenvalue weighted by atomic mass is 10.1. The summed E-state index contributed by atoms with van der Waals surface area (Å²) in [7, 11) is 1.99. The zero-order chi connectivity index (χ0) is 12.2. The molecule has 0 N–H and O–H groups in total. The SMILES string of the molecule is CCN1Cc2c(c3c(Cl)cccc3n2C)C1=O. The summed E-state index contributed by atoms with van der Waals surface area (Å²) in [5.74, 6) is 0.0983. The number of aryl methyl sites for hydroxylation is 1. The zero-order valence-electron chi connectivity index (χ0n) is 9.83. The highest BCUT2D eigenvalue weighted by Crippen LogP contribution is 2.36. The van der Waals surface area contributed by atoms with Gasteiger partial charge < -0.3 is 9.47 Å². The first-order valence-electron chi connectivity index (χ1n) is 5.70. The molecule has 0 radical (unpaired) electrons. The van der Waals surface area contributed by atoms with E-state index >= 15 is 0 Å². The molecule has 3 rings (SSSR count).